The molecule has 5 aliphatic carbocycles. The molecule has 0 aromatic carbocycles. The van der Waals surface area contributed by atoms with Gasteiger partial charge in [-0.15, -0.1) is 0 Å². The average molecular weight is 597 g/mol. The molecule has 14 unspecified atom stereocenters. The fraction of sp³-hybridized carbons (Fsp3) is 1.00. The van der Waals surface area contributed by atoms with Gasteiger partial charge >= 0.3 is 0 Å². The van der Waals surface area contributed by atoms with Crippen molar-refractivity contribution in [2.24, 2.45) is 35.5 Å². The van der Waals surface area contributed by atoms with Crippen molar-refractivity contribution in [2.75, 3.05) is 0 Å². The standard InChI is InChI=1S/C32H54O6P2/c33-31(39(35)29-19-9-5-13-23(29)21-11-3-7-17-27(21)37-39)25-15-1-2-16-26(25)32(34)40(36)30-20-10-6-14-24(30)22-12-4-8-18-28(22)38-40/h21-34H,1-20H2. The smallest absolute Gasteiger partial charge is 0.234 e. The molecule has 2 heterocycles. The monoisotopic (exact) mass is 596 g/mol. The van der Waals surface area contributed by atoms with Crippen LogP contribution in [0.15, 0.2) is 0 Å². The summed E-state index contributed by atoms with van der Waals surface area (Å²) < 4.78 is 43.4. The Morgan fingerprint density at radius 3 is 1.20 bits per heavy atom. The molecule has 8 heteroatoms. The van der Waals surface area contributed by atoms with E-state index < -0.39 is 26.4 Å². The Morgan fingerprint density at radius 1 is 0.450 bits per heavy atom. The number of rotatable bonds is 4. The van der Waals surface area contributed by atoms with Crippen LogP contribution in [0.2, 0.25) is 0 Å². The lowest BCUT2D eigenvalue weighted by molar-refractivity contribution is -0.0208. The largest absolute Gasteiger partial charge is 0.383 e. The van der Waals surface area contributed by atoms with Crippen LogP contribution in [0.4, 0.5) is 0 Å². The van der Waals surface area contributed by atoms with Gasteiger partial charge in [0.05, 0.1) is 12.2 Å². The number of aliphatic hydroxyl groups is 2. The summed E-state index contributed by atoms with van der Waals surface area (Å²) in [6, 6.07) is 0. The molecule has 14 atom stereocenters. The Labute approximate surface area is 242 Å². The fourth-order valence-electron chi connectivity index (χ4n) is 11.2. The van der Waals surface area contributed by atoms with Crippen molar-refractivity contribution < 1.29 is 28.4 Å². The number of hydrogen-bond acceptors (Lipinski definition) is 6. The molecule has 5 saturated carbocycles. The predicted octanol–water partition coefficient (Wildman–Crippen LogP) is 8.28. The maximum Gasteiger partial charge on any atom is 0.234 e. The quantitative estimate of drug-likeness (QED) is 0.317. The SMILES string of the molecule is O=P1(C(O)C2CCCCC2C(O)P2(=O)OC3CCCCC3C3CCCCC32)OC2CCCCC2C2CCCCC21. The fourth-order valence-corrected chi connectivity index (χ4v) is 18.6. The van der Waals surface area contributed by atoms with E-state index in [-0.39, 0.29) is 35.4 Å². The van der Waals surface area contributed by atoms with Gasteiger partial charge in [-0.3, -0.25) is 9.13 Å². The van der Waals surface area contributed by atoms with Crippen molar-refractivity contribution >= 4 is 14.7 Å². The summed E-state index contributed by atoms with van der Waals surface area (Å²) in [6.45, 7) is 0. The number of fused-ring (bicyclic) bond motifs is 6. The maximum absolute atomic E-state index is 15.0. The second kappa shape index (κ2) is 11.7. The lowest BCUT2D eigenvalue weighted by Crippen LogP contribution is -2.51. The summed E-state index contributed by atoms with van der Waals surface area (Å²) in [4.78, 5) is 0. The highest BCUT2D eigenvalue weighted by molar-refractivity contribution is 7.60. The minimum absolute atomic E-state index is 0.00630. The van der Waals surface area contributed by atoms with E-state index in [1.807, 2.05) is 0 Å². The van der Waals surface area contributed by atoms with Crippen LogP contribution in [0.5, 0.6) is 0 Å². The summed E-state index contributed by atoms with van der Waals surface area (Å²) in [5.41, 5.74) is -0.106. The molecular weight excluding hydrogens is 542 g/mol. The van der Waals surface area contributed by atoms with Gasteiger partial charge in [0.1, 0.15) is 11.7 Å². The summed E-state index contributed by atoms with van der Waals surface area (Å²) >= 11 is 0. The lowest BCUT2D eigenvalue weighted by atomic mass is 9.71. The Bertz CT molecular complexity index is 926. The zero-order valence-corrected chi connectivity index (χ0v) is 26.3. The van der Waals surface area contributed by atoms with Crippen LogP contribution in [0, 0.1) is 35.5 Å². The average Bonchev–Trinajstić information content (AvgIpc) is 3.00. The summed E-state index contributed by atoms with van der Waals surface area (Å²) in [5, 5.41) is 24.4. The van der Waals surface area contributed by atoms with Crippen molar-refractivity contribution in [3.63, 3.8) is 0 Å². The summed E-state index contributed by atoms with van der Waals surface area (Å²) in [7, 11) is -6.74. The van der Waals surface area contributed by atoms with Crippen molar-refractivity contribution in [1.29, 1.82) is 0 Å². The van der Waals surface area contributed by atoms with E-state index in [0.29, 0.717) is 23.7 Å². The molecule has 0 aromatic heterocycles. The topological polar surface area (TPSA) is 93.1 Å². The molecule has 0 radical (unpaired) electrons. The van der Waals surface area contributed by atoms with Crippen LogP contribution in [-0.4, -0.2) is 45.4 Å². The van der Waals surface area contributed by atoms with Gasteiger partial charge in [-0.25, -0.2) is 0 Å². The highest BCUT2D eigenvalue weighted by Gasteiger charge is 2.61. The first-order valence-corrected chi connectivity index (χ1v) is 20.9. The second-order valence-electron chi connectivity index (χ2n) is 14.9. The van der Waals surface area contributed by atoms with E-state index in [1.54, 1.807) is 0 Å². The molecule has 7 fully saturated rings. The molecule has 0 amide bonds. The van der Waals surface area contributed by atoms with Gasteiger partial charge in [-0.2, -0.15) is 0 Å². The van der Waals surface area contributed by atoms with E-state index in [9.17, 15) is 10.2 Å². The van der Waals surface area contributed by atoms with E-state index in [2.05, 4.69) is 0 Å². The molecule has 228 valence electrons. The van der Waals surface area contributed by atoms with Gasteiger partial charge in [0, 0.05) is 11.3 Å². The van der Waals surface area contributed by atoms with Crippen molar-refractivity contribution in [1.82, 2.24) is 0 Å². The molecule has 0 bridgehead atoms. The third-order valence-corrected chi connectivity index (χ3v) is 19.6. The van der Waals surface area contributed by atoms with Gasteiger partial charge in [-0.05, 0) is 99.7 Å². The first-order valence-electron chi connectivity index (χ1n) is 17.3. The van der Waals surface area contributed by atoms with Crippen LogP contribution in [0.25, 0.3) is 0 Å². The van der Waals surface area contributed by atoms with E-state index >= 15 is 9.13 Å². The van der Waals surface area contributed by atoms with E-state index in [0.717, 1.165) is 103 Å². The molecule has 7 rings (SSSR count). The Balaban J connectivity index is 1.18. The third-order valence-electron chi connectivity index (χ3n) is 13.1. The van der Waals surface area contributed by atoms with Gasteiger partial charge in [0.2, 0.25) is 14.7 Å². The van der Waals surface area contributed by atoms with Gasteiger partial charge in [0.25, 0.3) is 0 Å². The van der Waals surface area contributed by atoms with E-state index in [4.69, 9.17) is 9.05 Å². The number of hydrogen-bond donors (Lipinski definition) is 2. The first-order chi connectivity index (χ1) is 19.4. The van der Waals surface area contributed by atoms with Crippen LogP contribution in [0.3, 0.4) is 0 Å². The minimum Gasteiger partial charge on any atom is -0.383 e. The summed E-state index contributed by atoms with van der Waals surface area (Å²) in [6.07, 6.45) is 20.8. The zero-order chi connectivity index (χ0) is 27.5. The molecule has 2 aliphatic heterocycles. The van der Waals surface area contributed by atoms with E-state index in [1.165, 1.54) is 25.7 Å². The van der Waals surface area contributed by atoms with Gasteiger partial charge in [0.15, 0.2) is 0 Å². The Kier molecular flexibility index (Phi) is 8.47. The summed E-state index contributed by atoms with van der Waals surface area (Å²) in [5.74, 6) is -1.05. The van der Waals surface area contributed by atoms with Gasteiger partial charge in [-0.1, -0.05) is 64.2 Å². The van der Waals surface area contributed by atoms with Crippen LogP contribution < -0.4 is 0 Å². The molecular formula is C32H54O6P2. The Morgan fingerprint density at radius 2 is 0.775 bits per heavy atom. The Hall–Kier alpha value is 0.300. The van der Waals surface area contributed by atoms with Crippen LogP contribution in [0.1, 0.15) is 128 Å². The van der Waals surface area contributed by atoms with Gasteiger partial charge < -0.3 is 19.3 Å². The highest BCUT2D eigenvalue weighted by Crippen LogP contribution is 2.73. The highest BCUT2D eigenvalue weighted by atomic mass is 31.2. The molecule has 0 aromatic rings. The maximum atomic E-state index is 15.0. The predicted molar refractivity (Wildman–Crippen MR) is 158 cm³/mol. The molecule has 2 N–H and O–H groups in total. The molecule has 6 nitrogen and oxygen atoms in total. The number of aliphatic hydroxyl groups excluding tert-OH is 2. The molecule has 40 heavy (non-hydrogen) atoms. The normalized spacial score (nSPS) is 52.8. The second-order valence-corrected chi connectivity index (χ2v) is 20.3. The first kappa shape index (κ1) is 29.0. The van der Waals surface area contributed by atoms with Crippen LogP contribution >= 0.6 is 14.7 Å². The minimum atomic E-state index is -3.37. The van der Waals surface area contributed by atoms with Crippen molar-refractivity contribution in [3.05, 3.63) is 0 Å². The lowest BCUT2D eigenvalue weighted by Gasteiger charge is -2.55. The zero-order valence-electron chi connectivity index (χ0n) is 24.5. The van der Waals surface area contributed by atoms with Crippen molar-refractivity contribution in [2.45, 2.75) is 164 Å². The molecule has 0 spiro atoms. The molecule has 2 saturated heterocycles. The van der Waals surface area contributed by atoms with Crippen LogP contribution in [-0.2, 0) is 18.2 Å². The molecule has 7 aliphatic rings. The third kappa shape index (κ3) is 4.81. The van der Waals surface area contributed by atoms with Crippen molar-refractivity contribution in [3.8, 4) is 0 Å².